The Morgan fingerprint density at radius 1 is 1.29 bits per heavy atom. The Labute approximate surface area is 89.5 Å². The summed E-state index contributed by atoms with van der Waals surface area (Å²) in [6.07, 6.45) is 7.77. The summed E-state index contributed by atoms with van der Waals surface area (Å²) < 4.78 is 5.54. The first kappa shape index (κ1) is 8.84. The molecule has 14 heavy (non-hydrogen) atoms. The van der Waals surface area contributed by atoms with Gasteiger partial charge >= 0.3 is 0 Å². The van der Waals surface area contributed by atoms with Crippen LogP contribution in [-0.4, -0.2) is 5.16 Å². The molecule has 0 N–H and O–H groups in total. The number of rotatable bonds is 1. The highest BCUT2D eigenvalue weighted by atomic mass is 32.1. The molecule has 1 aromatic heterocycles. The molecular weight excluding hydrogens is 194 g/mol. The third kappa shape index (κ3) is 1.02. The maximum Gasteiger partial charge on any atom is 0.146 e. The summed E-state index contributed by atoms with van der Waals surface area (Å²) in [5.74, 6) is 1.92. The van der Waals surface area contributed by atoms with Crippen molar-refractivity contribution in [2.75, 3.05) is 0 Å². The Morgan fingerprint density at radius 3 is 2.79 bits per heavy atom. The fourth-order valence-electron chi connectivity index (χ4n) is 3.15. The van der Waals surface area contributed by atoms with Crippen molar-refractivity contribution in [2.45, 2.75) is 49.7 Å². The highest BCUT2D eigenvalue weighted by molar-refractivity contribution is 7.79. The van der Waals surface area contributed by atoms with Crippen LogP contribution in [0.15, 0.2) is 4.52 Å². The Morgan fingerprint density at radius 2 is 2.07 bits per heavy atom. The third-order valence-corrected chi connectivity index (χ3v) is 4.21. The van der Waals surface area contributed by atoms with E-state index in [1.807, 2.05) is 0 Å². The van der Waals surface area contributed by atoms with E-state index in [0.717, 1.165) is 17.9 Å². The van der Waals surface area contributed by atoms with Gasteiger partial charge in [0.15, 0.2) is 0 Å². The van der Waals surface area contributed by atoms with E-state index in [2.05, 4.69) is 17.8 Å². The molecule has 0 unspecified atom stereocenters. The highest BCUT2D eigenvalue weighted by Crippen LogP contribution is 2.50. The minimum Gasteiger partial charge on any atom is -0.360 e. The first-order chi connectivity index (χ1) is 6.86. The summed E-state index contributed by atoms with van der Waals surface area (Å²) >= 11 is 4.28. The van der Waals surface area contributed by atoms with Crippen LogP contribution < -0.4 is 0 Å². The first-order valence-corrected chi connectivity index (χ1v) is 6.08. The average Bonchev–Trinajstić information content (AvgIpc) is 2.88. The second kappa shape index (κ2) is 3.02. The Bertz CT molecular complexity index is 352. The van der Waals surface area contributed by atoms with Gasteiger partial charge in [0.2, 0.25) is 0 Å². The molecular formula is C11H15NOS. The maximum atomic E-state index is 5.54. The molecule has 2 aliphatic carbocycles. The average molecular weight is 209 g/mol. The standard InChI is InChI=1S/C11H15NOS/c14-7-9-8-3-6-11(4-1-2-5-11)10(8)13-12-9/h14H,1-7H2. The van der Waals surface area contributed by atoms with Crippen molar-refractivity contribution < 1.29 is 4.52 Å². The lowest BCUT2D eigenvalue weighted by Gasteiger charge is -2.19. The van der Waals surface area contributed by atoms with Crippen LogP contribution in [0.4, 0.5) is 0 Å². The van der Waals surface area contributed by atoms with Crippen molar-refractivity contribution in [2.24, 2.45) is 0 Å². The summed E-state index contributed by atoms with van der Waals surface area (Å²) in [5, 5.41) is 4.12. The largest absolute Gasteiger partial charge is 0.360 e. The van der Waals surface area contributed by atoms with Gasteiger partial charge in [0.1, 0.15) is 5.76 Å². The van der Waals surface area contributed by atoms with E-state index < -0.39 is 0 Å². The van der Waals surface area contributed by atoms with Gasteiger partial charge in [0, 0.05) is 16.7 Å². The number of hydrogen-bond donors (Lipinski definition) is 1. The van der Waals surface area contributed by atoms with Crippen molar-refractivity contribution in [3.05, 3.63) is 17.0 Å². The molecule has 1 aromatic rings. The molecule has 0 atom stereocenters. The monoisotopic (exact) mass is 209 g/mol. The first-order valence-electron chi connectivity index (χ1n) is 5.44. The van der Waals surface area contributed by atoms with Gasteiger partial charge in [-0.3, -0.25) is 0 Å². The number of fused-ring (bicyclic) bond motifs is 2. The van der Waals surface area contributed by atoms with Gasteiger partial charge in [0.05, 0.1) is 5.69 Å². The summed E-state index contributed by atoms with van der Waals surface area (Å²) in [4.78, 5) is 0. The van der Waals surface area contributed by atoms with Gasteiger partial charge in [-0.15, -0.1) is 0 Å². The molecule has 0 saturated heterocycles. The molecule has 0 amide bonds. The van der Waals surface area contributed by atoms with Crippen molar-refractivity contribution in [3.8, 4) is 0 Å². The third-order valence-electron chi connectivity index (χ3n) is 3.92. The van der Waals surface area contributed by atoms with Gasteiger partial charge in [-0.25, -0.2) is 0 Å². The highest BCUT2D eigenvalue weighted by Gasteiger charge is 2.45. The molecule has 1 heterocycles. The summed E-state index contributed by atoms with van der Waals surface area (Å²) in [5.41, 5.74) is 2.83. The Hall–Kier alpha value is -0.440. The smallest absolute Gasteiger partial charge is 0.146 e. The predicted octanol–water partition coefficient (Wildman–Crippen LogP) is 2.86. The van der Waals surface area contributed by atoms with Gasteiger partial charge in [-0.2, -0.15) is 12.6 Å². The van der Waals surface area contributed by atoms with Crippen LogP contribution in [0.1, 0.15) is 49.1 Å². The molecule has 76 valence electrons. The van der Waals surface area contributed by atoms with E-state index in [-0.39, 0.29) is 0 Å². The number of hydrogen-bond acceptors (Lipinski definition) is 3. The number of thiol groups is 1. The van der Waals surface area contributed by atoms with Crippen LogP contribution in [0.25, 0.3) is 0 Å². The number of nitrogens with zero attached hydrogens (tertiary/aromatic N) is 1. The molecule has 0 bridgehead atoms. The Kier molecular flexibility index (Phi) is 1.91. The van der Waals surface area contributed by atoms with E-state index in [0.29, 0.717) is 5.41 Å². The molecule has 3 heteroatoms. The predicted molar refractivity (Wildman–Crippen MR) is 57.7 cm³/mol. The lowest BCUT2D eigenvalue weighted by Crippen LogP contribution is -2.16. The van der Waals surface area contributed by atoms with Crippen molar-refractivity contribution >= 4 is 12.6 Å². The molecule has 2 nitrogen and oxygen atoms in total. The van der Waals surface area contributed by atoms with Gasteiger partial charge in [0.25, 0.3) is 0 Å². The molecule has 0 radical (unpaired) electrons. The van der Waals surface area contributed by atoms with E-state index in [9.17, 15) is 0 Å². The lowest BCUT2D eigenvalue weighted by molar-refractivity contribution is 0.290. The molecule has 0 aliphatic heterocycles. The van der Waals surface area contributed by atoms with Crippen LogP contribution in [0.5, 0.6) is 0 Å². The second-order valence-corrected chi connectivity index (χ2v) is 4.90. The van der Waals surface area contributed by atoms with Crippen LogP contribution in [0.3, 0.4) is 0 Å². The van der Waals surface area contributed by atoms with Crippen molar-refractivity contribution in [1.82, 2.24) is 5.16 Å². The quantitative estimate of drug-likeness (QED) is 0.720. The van der Waals surface area contributed by atoms with Gasteiger partial charge in [-0.1, -0.05) is 18.0 Å². The molecule has 1 saturated carbocycles. The topological polar surface area (TPSA) is 26.0 Å². The van der Waals surface area contributed by atoms with E-state index >= 15 is 0 Å². The van der Waals surface area contributed by atoms with E-state index in [4.69, 9.17) is 4.52 Å². The fraction of sp³-hybridized carbons (Fsp3) is 0.727. The molecule has 2 aliphatic rings. The molecule has 3 rings (SSSR count). The van der Waals surface area contributed by atoms with Crippen LogP contribution >= 0.6 is 12.6 Å². The Balaban J connectivity index is 2.05. The van der Waals surface area contributed by atoms with Gasteiger partial charge in [-0.05, 0) is 25.7 Å². The molecule has 1 spiro atoms. The summed E-state index contributed by atoms with van der Waals surface area (Å²) in [7, 11) is 0. The van der Waals surface area contributed by atoms with Crippen LogP contribution in [0, 0.1) is 0 Å². The van der Waals surface area contributed by atoms with Crippen molar-refractivity contribution in [3.63, 3.8) is 0 Å². The second-order valence-electron chi connectivity index (χ2n) is 4.58. The zero-order chi connectivity index (χ0) is 9.60. The zero-order valence-electron chi connectivity index (χ0n) is 8.25. The van der Waals surface area contributed by atoms with Crippen molar-refractivity contribution in [1.29, 1.82) is 0 Å². The normalized spacial score (nSPS) is 23.2. The molecule has 1 fully saturated rings. The van der Waals surface area contributed by atoms with E-state index in [1.54, 1.807) is 0 Å². The zero-order valence-corrected chi connectivity index (χ0v) is 9.15. The van der Waals surface area contributed by atoms with Crippen LogP contribution in [-0.2, 0) is 17.6 Å². The minimum atomic E-state index is 0.379. The minimum absolute atomic E-state index is 0.379. The summed E-state index contributed by atoms with van der Waals surface area (Å²) in [6.45, 7) is 0. The van der Waals surface area contributed by atoms with Gasteiger partial charge < -0.3 is 4.52 Å². The maximum absolute atomic E-state index is 5.54. The van der Waals surface area contributed by atoms with Crippen LogP contribution in [0.2, 0.25) is 0 Å². The number of aromatic nitrogens is 1. The fourth-order valence-corrected chi connectivity index (χ4v) is 3.40. The van der Waals surface area contributed by atoms with E-state index in [1.165, 1.54) is 43.4 Å². The SMILES string of the molecule is SCc1noc2c1CCC21CCCC1. The lowest BCUT2D eigenvalue weighted by atomic mass is 9.84. The summed E-state index contributed by atoms with van der Waals surface area (Å²) in [6, 6.07) is 0. The molecule has 0 aromatic carbocycles.